The van der Waals surface area contributed by atoms with Gasteiger partial charge in [0, 0.05) is 17.9 Å². The van der Waals surface area contributed by atoms with Gasteiger partial charge >= 0.3 is 0 Å². The van der Waals surface area contributed by atoms with Crippen molar-refractivity contribution >= 4 is 80.1 Å². The molecule has 0 fully saturated rings. The molecule has 0 saturated carbocycles. The van der Waals surface area contributed by atoms with Crippen molar-refractivity contribution in [2.45, 2.75) is 12.3 Å². The molecule has 142 valence electrons. The lowest BCUT2D eigenvalue weighted by atomic mass is 9.94. The predicted molar refractivity (Wildman–Crippen MR) is 127 cm³/mol. The Balaban J connectivity index is 1.91. The lowest BCUT2D eigenvalue weighted by Crippen LogP contribution is -2.16. The third-order valence-corrected chi connectivity index (χ3v) is 7.33. The normalized spacial score (nSPS) is 19.5. The standard InChI is InChI=1S/C22H12Br4F2/c23-17-6-12-4-2-1-3-11(12)5-13(17)14-7-15(19(25)9-18(14)24)16-8-21(27)22(28)10-20(16)26/h1-10,21-22H. The number of hydrogen-bond donors (Lipinski definition) is 0. The van der Waals surface area contributed by atoms with E-state index in [0.717, 1.165) is 40.9 Å². The number of fused-ring (bicyclic) bond motifs is 1. The summed E-state index contributed by atoms with van der Waals surface area (Å²) in [6.45, 7) is 0. The molecule has 0 N–H and O–H groups in total. The van der Waals surface area contributed by atoms with E-state index >= 15 is 0 Å². The third-order valence-electron chi connectivity index (χ3n) is 4.67. The van der Waals surface area contributed by atoms with E-state index in [2.05, 4.69) is 88.0 Å². The first kappa shape index (κ1) is 20.5. The van der Waals surface area contributed by atoms with Gasteiger partial charge in [-0.05, 0) is 69.5 Å². The molecule has 4 rings (SSSR count). The quantitative estimate of drug-likeness (QED) is 0.264. The maximum absolute atomic E-state index is 14.0. The fourth-order valence-electron chi connectivity index (χ4n) is 3.25. The van der Waals surface area contributed by atoms with Crippen LogP contribution < -0.4 is 0 Å². The Morgan fingerprint density at radius 2 is 1.14 bits per heavy atom. The summed E-state index contributed by atoms with van der Waals surface area (Å²) >= 11 is 14.3. The van der Waals surface area contributed by atoms with Crippen molar-refractivity contribution in [3.05, 3.63) is 84.1 Å². The highest BCUT2D eigenvalue weighted by molar-refractivity contribution is 9.12. The zero-order valence-electron chi connectivity index (χ0n) is 14.2. The highest BCUT2D eigenvalue weighted by Gasteiger charge is 2.25. The highest BCUT2D eigenvalue weighted by Crippen LogP contribution is 2.43. The summed E-state index contributed by atoms with van der Waals surface area (Å²) in [7, 11) is 0. The maximum atomic E-state index is 14.0. The van der Waals surface area contributed by atoms with Gasteiger partial charge in [-0.15, -0.1) is 0 Å². The van der Waals surface area contributed by atoms with Crippen LogP contribution >= 0.6 is 63.7 Å². The zero-order valence-corrected chi connectivity index (χ0v) is 20.5. The van der Waals surface area contributed by atoms with Crippen LogP contribution in [0.25, 0.3) is 27.5 Å². The van der Waals surface area contributed by atoms with Gasteiger partial charge in [0.2, 0.25) is 0 Å². The van der Waals surface area contributed by atoms with Crippen LogP contribution in [0, 0.1) is 0 Å². The van der Waals surface area contributed by atoms with Gasteiger partial charge in [0.15, 0.2) is 12.3 Å². The zero-order chi connectivity index (χ0) is 20.0. The third kappa shape index (κ3) is 3.81. The average Bonchev–Trinajstić information content (AvgIpc) is 2.65. The summed E-state index contributed by atoms with van der Waals surface area (Å²) in [5.74, 6) is 0. The van der Waals surface area contributed by atoms with Crippen LogP contribution in [0.5, 0.6) is 0 Å². The number of alkyl halides is 2. The molecular formula is C22H12Br4F2. The second kappa shape index (κ2) is 8.13. The summed E-state index contributed by atoms with van der Waals surface area (Å²) < 4.78 is 30.9. The first-order valence-corrected chi connectivity index (χ1v) is 11.6. The number of halogens is 6. The van der Waals surface area contributed by atoms with Crippen molar-refractivity contribution in [3.8, 4) is 11.1 Å². The molecule has 0 heterocycles. The first-order valence-electron chi connectivity index (χ1n) is 8.41. The van der Waals surface area contributed by atoms with Crippen molar-refractivity contribution < 1.29 is 8.78 Å². The predicted octanol–water partition coefficient (Wildman–Crippen LogP) is 9.15. The second-order valence-corrected chi connectivity index (χ2v) is 9.89. The summed E-state index contributed by atoms with van der Waals surface area (Å²) in [5.41, 5.74) is 3.38. The lowest BCUT2D eigenvalue weighted by Gasteiger charge is -2.20. The molecule has 1 aliphatic rings. The van der Waals surface area contributed by atoms with E-state index in [1.807, 2.05) is 24.3 Å². The van der Waals surface area contributed by atoms with Gasteiger partial charge in [0.1, 0.15) is 0 Å². The van der Waals surface area contributed by atoms with Gasteiger partial charge in [-0.3, -0.25) is 0 Å². The molecule has 28 heavy (non-hydrogen) atoms. The Hall–Kier alpha value is -0.820. The summed E-state index contributed by atoms with van der Waals surface area (Å²) in [6, 6.07) is 16.3. The Labute approximate surface area is 195 Å². The topological polar surface area (TPSA) is 0 Å². The molecule has 0 spiro atoms. The van der Waals surface area contributed by atoms with Crippen LogP contribution in [0.3, 0.4) is 0 Å². The van der Waals surface area contributed by atoms with E-state index < -0.39 is 12.3 Å². The summed E-state index contributed by atoms with van der Waals surface area (Å²) in [6.07, 6.45) is -0.716. The fraction of sp³-hybridized carbons (Fsp3) is 0.0909. The van der Waals surface area contributed by atoms with E-state index in [4.69, 9.17) is 0 Å². The van der Waals surface area contributed by atoms with Crippen LogP contribution in [0.15, 0.2) is 78.6 Å². The molecule has 0 aromatic heterocycles. The highest BCUT2D eigenvalue weighted by atomic mass is 79.9. The molecule has 3 aromatic carbocycles. The second-order valence-electron chi connectivity index (χ2n) is 6.47. The molecule has 2 atom stereocenters. The molecule has 3 aromatic rings. The summed E-state index contributed by atoms with van der Waals surface area (Å²) in [4.78, 5) is 0. The maximum Gasteiger partial charge on any atom is 0.154 e. The van der Waals surface area contributed by atoms with Crippen LogP contribution in [0.1, 0.15) is 5.56 Å². The van der Waals surface area contributed by atoms with Gasteiger partial charge in [0.05, 0.1) is 0 Å². The largest absolute Gasteiger partial charge is 0.239 e. The number of hydrogen-bond acceptors (Lipinski definition) is 0. The van der Waals surface area contributed by atoms with Gasteiger partial charge < -0.3 is 0 Å². The Bertz CT molecular complexity index is 1150. The van der Waals surface area contributed by atoms with Crippen molar-refractivity contribution in [2.24, 2.45) is 0 Å². The molecule has 0 saturated heterocycles. The fourth-order valence-corrected chi connectivity index (χ4v) is 5.85. The molecule has 0 amide bonds. The Morgan fingerprint density at radius 3 is 1.86 bits per heavy atom. The van der Waals surface area contributed by atoms with E-state index in [1.165, 1.54) is 12.2 Å². The van der Waals surface area contributed by atoms with E-state index in [0.29, 0.717) is 10.1 Å². The van der Waals surface area contributed by atoms with Crippen molar-refractivity contribution in [1.82, 2.24) is 0 Å². The van der Waals surface area contributed by atoms with Crippen molar-refractivity contribution in [3.63, 3.8) is 0 Å². The molecule has 6 heteroatoms. The minimum absolute atomic E-state index is 0.542. The van der Waals surface area contributed by atoms with E-state index in [1.54, 1.807) is 0 Å². The van der Waals surface area contributed by atoms with Gasteiger partial charge in [-0.2, -0.15) is 0 Å². The van der Waals surface area contributed by atoms with E-state index in [9.17, 15) is 8.78 Å². The van der Waals surface area contributed by atoms with Gasteiger partial charge in [0.25, 0.3) is 0 Å². The van der Waals surface area contributed by atoms with Crippen LogP contribution in [-0.2, 0) is 0 Å². The molecular weight excluding hydrogens is 622 g/mol. The summed E-state index contributed by atoms with van der Waals surface area (Å²) in [5, 5.41) is 2.26. The molecule has 0 bridgehead atoms. The molecule has 0 aliphatic heterocycles. The van der Waals surface area contributed by atoms with Crippen LogP contribution in [0.4, 0.5) is 8.78 Å². The van der Waals surface area contributed by atoms with Crippen LogP contribution in [-0.4, -0.2) is 12.3 Å². The van der Waals surface area contributed by atoms with Gasteiger partial charge in [-0.25, -0.2) is 8.78 Å². The lowest BCUT2D eigenvalue weighted by molar-refractivity contribution is 0.246. The number of rotatable bonds is 2. The molecule has 0 nitrogen and oxygen atoms in total. The minimum Gasteiger partial charge on any atom is -0.239 e. The van der Waals surface area contributed by atoms with Crippen LogP contribution in [0.2, 0.25) is 0 Å². The Morgan fingerprint density at radius 1 is 0.607 bits per heavy atom. The van der Waals surface area contributed by atoms with Crippen molar-refractivity contribution in [1.29, 1.82) is 0 Å². The molecule has 2 unspecified atom stereocenters. The smallest absolute Gasteiger partial charge is 0.154 e. The van der Waals surface area contributed by atoms with E-state index in [-0.39, 0.29) is 0 Å². The minimum atomic E-state index is -1.66. The monoisotopic (exact) mass is 630 g/mol. The SMILES string of the molecule is FC1C=C(Br)C(c2cc(-c3cc4ccccc4cc3Br)c(Br)cc2Br)=CC1F. The number of allylic oxidation sites excluding steroid dienone is 4. The average molecular weight is 634 g/mol. The molecule has 1 aliphatic carbocycles. The van der Waals surface area contributed by atoms with Gasteiger partial charge in [-0.1, -0.05) is 88.0 Å². The molecule has 0 radical (unpaired) electrons. The number of benzene rings is 3. The first-order chi connectivity index (χ1) is 13.3. The van der Waals surface area contributed by atoms with Crippen molar-refractivity contribution in [2.75, 3.05) is 0 Å². The Kier molecular flexibility index (Phi) is 5.94.